The van der Waals surface area contributed by atoms with Gasteiger partial charge >= 0.3 is 16.4 Å². The van der Waals surface area contributed by atoms with Crippen molar-refractivity contribution in [2.24, 2.45) is 0 Å². The molecular formula is C8H10NO7S+. The van der Waals surface area contributed by atoms with E-state index in [-0.39, 0.29) is 17.1 Å². The summed E-state index contributed by atoms with van der Waals surface area (Å²) in [6.07, 6.45) is 0. The first-order valence-corrected chi connectivity index (χ1v) is 5.52. The molecule has 0 saturated heterocycles. The highest BCUT2D eigenvalue weighted by molar-refractivity contribution is 7.82. The summed E-state index contributed by atoms with van der Waals surface area (Å²) in [5.74, 6) is 1.22. The van der Waals surface area contributed by atoms with Gasteiger partial charge in [-0.05, 0) is 16.4 Å². The van der Waals surface area contributed by atoms with Gasteiger partial charge in [0.1, 0.15) is 0 Å². The molecule has 0 atom stereocenters. The Bertz CT molecular complexity index is 525. The van der Waals surface area contributed by atoms with Gasteiger partial charge in [-0.1, -0.05) is 0 Å². The molecule has 8 nitrogen and oxygen atoms in total. The topological polar surface area (TPSA) is 127 Å². The SMILES string of the molecule is COc1ccc(C(=O)O)cc1OS(=O)(=O)O[NH3+]. The van der Waals surface area contributed by atoms with Crippen LogP contribution in [0.25, 0.3) is 0 Å². The molecular weight excluding hydrogens is 254 g/mol. The van der Waals surface area contributed by atoms with Crippen LogP contribution in [0.15, 0.2) is 18.2 Å². The highest BCUT2D eigenvalue weighted by atomic mass is 32.3. The van der Waals surface area contributed by atoms with Gasteiger partial charge in [0.15, 0.2) is 11.5 Å². The minimum Gasteiger partial charge on any atom is -0.493 e. The lowest BCUT2D eigenvalue weighted by Gasteiger charge is -2.08. The lowest BCUT2D eigenvalue weighted by Crippen LogP contribution is -2.52. The van der Waals surface area contributed by atoms with Crippen molar-refractivity contribution in [1.29, 1.82) is 0 Å². The van der Waals surface area contributed by atoms with Gasteiger partial charge in [0, 0.05) is 6.07 Å². The van der Waals surface area contributed by atoms with E-state index in [1.807, 2.05) is 0 Å². The standard InChI is InChI=1S/C8H9NO7S/c1-14-6-3-2-5(8(10)11)4-7(6)15-17(12,13)16-9/h2-4H,1,9H3/p+1. The fourth-order valence-electron chi connectivity index (χ4n) is 1.01. The summed E-state index contributed by atoms with van der Waals surface area (Å²) in [4.78, 5) is 10.7. The number of ether oxygens (including phenoxy) is 1. The Morgan fingerprint density at radius 1 is 1.35 bits per heavy atom. The summed E-state index contributed by atoms with van der Waals surface area (Å²) in [7, 11) is -3.05. The minimum atomic E-state index is -4.33. The van der Waals surface area contributed by atoms with Gasteiger partial charge in [-0.25, -0.2) is 4.79 Å². The molecule has 0 aliphatic carbocycles. The van der Waals surface area contributed by atoms with Crippen LogP contribution in [0.3, 0.4) is 0 Å². The maximum absolute atomic E-state index is 11.0. The van der Waals surface area contributed by atoms with Crippen molar-refractivity contribution in [1.82, 2.24) is 0 Å². The number of aromatic carboxylic acids is 1. The maximum Gasteiger partial charge on any atom is 0.495 e. The molecule has 0 spiro atoms. The van der Waals surface area contributed by atoms with Crippen LogP contribution >= 0.6 is 0 Å². The average Bonchev–Trinajstić information content (AvgIpc) is 2.28. The zero-order valence-corrected chi connectivity index (χ0v) is 9.56. The minimum absolute atomic E-state index is 0.0515. The Balaban J connectivity index is 3.19. The van der Waals surface area contributed by atoms with Crippen molar-refractivity contribution in [2.45, 2.75) is 0 Å². The number of benzene rings is 1. The lowest BCUT2D eigenvalue weighted by molar-refractivity contribution is -0.636. The molecule has 1 aromatic rings. The Morgan fingerprint density at radius 3 is 2.47 bits per heavy atom. The fourth-order valence-corrected chi connectivity index (χ4v) is 1.41. The second-order valence-electron chi connectivity index (χ2n) is 2.78. The normalized spacial score (nSPS) is 10.9. The Morgan fingerprint density at radius 2 is 2.00 bits per heavy atom. The smallest absolute Gasteiger partial charge is 0.493 e. The lowest BCUT2D eigenvalue weighted by atomic mass is 10.2. The molecule has 0 saturated carbocycles. The van der Waals surface area contributed by atoms with Gasteiger partial charge in [-0.2, -0.15) is 14.3 Å². The second kappa shape index (κ2) is 4.99. The predicted octanol–water partition coefficient (Wildman–Crippen LogP) is -0.809. The van der Waals surface area contributed by atoms with E-state index < -0.39 is 16.4 Å². The number of rotatable bonds is 5. The van der Waals surface area contributed by atoms with Gasteiger partial charge in [0.05, 0.1) is 12.7 Å². The average molecular weight is 264 g/mol. The van der Waals surface area contributed by atoms with Crippen LogP contribution < -0.4 is 14.8 Å². The monoisotopic (exact) mass is 264 g/mol. The van der Waals surface area contributed by atoms with Crippen molar-refractivity contribution >= 4 is 16.4 Å². The molecule has 1 rings (SSSR count). The molecule has 0 aliphatic heterocycles. The van der Waals surface area contributed by atoms with Crippen LogP contribution in [-0.4, -0.2) is 26.6 Å². The van der Waals surface area contributed by atoms with Crippen LogP contribution in [0, 0.1) is 0 Å². The molecule has 0 fully saturated rings. The summed E-state index contributed by atoms with van der Waals surface area (Å²) < 4.78 is 35.1. The first-order chi connectivity index (χ1) is 7.89. The van der Waals surface area contributed by atoms with E-state index in [1.165, 1.54) is 19.2 Å². The Kier molecular flexibility index (Phi) is 3.89. The number of hydrogen-bond donors (Lipinski definition) is 2. The molecule has 0 aromatic heterocycles. The maximum atomic E-state index is 11.0. The second-order valence-corrected chi connectivity index (χ2v) is 4.00. The largest absolute Gasteiger partial charge is 0.495 e. The fraction of sp³-hybridized carbons (Fsp3) is 0.125. The zero-order valence-electron chi connectivity index (χ0n) is 8.74. The van der Waals surface area contributed by atoms with E-state index in [1.54, 1.807) is 0 Å². The number of carbonyl (C=O) groups is 1. The van der Waals surface area contributed by atoms with Crippen LogP contribution in [0.5, 0.6) is 11.5 Å². The quantitative estimate of drug-likeness (QED) is 0.666. The number of quaternary nitrogens is 1. The molecule has 17 heavy (non-hydrogen) atoms. The van der Waals surface area contributed by atoms with E-state index in [2.05, 4.69) is 14.4 Å². The van der Waals surface area contributed by atoms with Gasteiger partial charge in [-0.15, -0.1) is 0 Å². The molecule has 9 heteroatoms. The summed E-state index contributed by atoms with van der Waals surface area (Å²) in [6, 6.07) is 3.50. The molecule has 0 aliphatic rings. The van der Waals surface area contributed by atoms with Crippen LogP contribution in [0.4, 0.5) is 0 Å². The van der Waals surface area contributed by atoms with Crippen molar-refractivity contribution in [3.63, 3.8) is 0 Å². The van der Waals surface area contributed by atoms with E-state index in [9.17, 15) is 13.2 Å². The molecule has 0 bridgehead atoms. The summed E-state index contributed by atoms with van der Waals surface area (Å²) in [5, 5.41) is 8.74. The molecule has 94 valence electrons. The highest BCUT2D eigenvalue weighted by Gasteiger charge is 2.19. The van der Waals surface area contributed by atoms with Crippen LogP contribution in [0.1, 0.15) is 10.4 Å². The summed E-state index contributed by atoms with van der Waals surface area (Å²) >= 11 is 0. The van der Waals surface area contributed by atoms with Crippen molar-refractivity contribution in [2.75, 3.05) is 7.11 Å². The molecule has 1 aromatic carbocycles. The van der Waals surface area contributed by atoms with Crippen LogP contribution in [-0.2, 0) is 14.7 Å². The first kappa shape index (κ1) is 13.2. The van der Waals surface area contributed by atoms with Gasteiger partial charge in [0.25, 0.3) is 0 Å². The third-order valence-electron chi connectivity index (χ3n) is 1.75. The van der Waals surface area contributed by atoms with E-state index >= 15 is 0 Å². The van der Waals surface area contributed by atoms with Crippen molar-refractivity contribution < 1.29 is 37.4 Å². The molecule has 4 N–H and O–H groups in total. The number of carboxylic acids is 1. The highest BCUT2D eigenvalue weighted by Crippen LogP contribution is 2.29. The van der Waals surface area contributed by atoms with E-state index in [0.717, 1.165) is 6.07 Å². The molecule has 0 unspecified atom stereocenters. The number of hydrogen-bond acceptors (Lipinski definition) is 6. The predicted molar refractivity (Wildman–Crippen MR) is 53.5 cm³/mol. The Labute approximate surface area is 96.8 Å². The van der Waals surface area contributed by atoms with Crippen molar-refractivity contribution in [3.8, 4) is 11.5 Å². The molecule has 0 heterocycles. The number of carboxylic acid groups (broad SMARTS) is 1. The Hall–Kier alpha value is -1.84. The van der Waals surface area contributed by atoms with Crippen molar-refractivity contribution in [3.05, 3.63) is 23.8 Å². The zero-order chi connectivity index (χ0) is 13.1. The first-order valence-electron chi connectivity index (χ1n) is 4.19. The molecule has 0 radical (unpaired) electrons. The third kappa shape index (κ3) is 3.31. The van der Waals surface area contributed by atoms with Gasteiger partial charge in [-0.3, -0.25) is 0 Å². The van der Waals surface area contributed by atoms with E-state index in [4.69, 9.17) is 9.84 Å². The van der Waals surface area contributed by atoms with Crippen LogP contribution in [0.2, 0.25) is 0 Å². The summed E-state index contributed by atoms with van der Waals surface area (Å²) in [5.41, 5.74) is -0.153. The van der Waals surface area contributed by atoms with Gasteiger partial charge < -0.3 is 14.0 Å². The summed E-state index contributed by atoms with van der Waals surface area (Å²) in [6.45, 7) is 0. The number of methoxy groups -OCH3 is 1. The molecule has 0 amide bonds. The third-order valence-corrected chi connectivity index (χ3v) is 2.42. The van der Waals surface area contributed by atoms with Gasteiger partial charge in [0.2, 0.25) is 0 Å². The van der Waals surface area contributed by atoms with E-state index in [0.29, 0.717) is 0 Å².